The maximum absolute atomic E-state index is 5.70. The van der Waals surface area contributed by atoms with Crippen LogP contribution in [0.15, 0.2) is 18.7 Å². The van der Waals surface area contributed by atoms with E-state index in [0.717, 1.165) is 13.1 Å². The van der Waals surface area contributed by atoms with E-state index < -0.39 is 0 Å². The zero-order valence-corrected chi connectivity index (χ0v) is 12.2. The molecule has 3 N–H and O–H groups in total. The number of likely N-dealkylation sites (N-methyl/N-ethyl adjacent to an activating group) is 1. The van der Waals surface area contributed by atoms with Gasteiger partial charge in [-0.25, -0.2) is 4.98 Å². The van der Waals surface area contributed by atoms with Crippen molar-refractivity contribution in [3.8, 4) is 5.95 Å². The number of nitrogens with zero attached hydrogens (tertiary/aromatic N) is 6. The predicted octanol–water partition coefficient (Wildman–Crippen LogP) is -0.370. The van der Waals surface area contributed by atoms with Crippen LogP contribution < -0.4 is 11.1 Å². The molecule has 0 saturated carbocycles. The van der Waals surface area contributed by atoms with Crippen LogP contribution in [-0.4, -0.2) is 69.8 Å². The Hall–Kier alpha value is -2.26. The van der Waals surface area contributed by atoms with E-state index in [0.29, 0.717) is 25.0 Å². The van der Waals surface area contributed by atoms with E-state index in [4.69, 9.17) is 10.5 Å². The Morgan fingerprint density at radius 1 is 1.33 bits per heavy atom. The zero-order valence-electron chi connectivity index (χ0n) is 12.2. The van der Waals surface area contributed by atoms with Gasteiger partial charge in [0.15, 0.2) is 0 Å². The first-order valence-electron chi connectivity index (χ1n) is 6.60. The van der Waals surface area contributed by atoms with Gasteiger partial charge in [-0.1, -0.05) is 0 Å². The van der Waals surface area contributed by atoms with E-state index in [9.17, 15) is 0 Å². The van der Waals surface area contributed by atoms with Crippen LogP contribution >= 0.6 is 0 Å². The van der Waals surface area contributed by atoms with Gasteiger partial charge in [-0.3, -0.25) is 4.57 Å². The highest BCUT2D eigenvalue weighted by Gasteiger charge is 2.06. The van der Waals surface area contributed by atoms with E-state index in [-0.39, 0.29) is 5.95 Å². The van der Waals surface area contributed by atoms with Crippen LogP contribution in [0, 0.1) is 0 Å². The Bertz CT molecular complexity index is 544. The van der Waals surface area contributed by atoms with E-state index in [1.807, 2.05) is 7.05 Å². The fourth-order valence-corrected chi connectivity index (χ4v) is 1.67. The summed E-state index contributed by atoms with van der Waals surface area (Å²) in [6.07, 6.45) is 5.01. The van der Waals surface area contributed by atoms with E-state index in [2.05, 4.69) is 30.2 Å². The number of anilines is 2. The van der Waals surface area contributed by atoms with E-state index in [1.165, 1.54) is 0 Å². The molecule has 9 nitrogen and oxygen atoms in total. The first-order valence-corrected chi connectivity index (χ1v) is 6.60. The minimum absolute atomic E-state index is 0.170. The highest BCUT2D eigenvalue weighted by molar-refractivity contribution is 5.34. The van der Waals surface area contributed by atoms with Gasteiger partial charge in [-0.2, -0.15) is 15.0 Å². The number of rotatable bonds is 8. The Morgan fingerprint density at radius 3 is 2.90 bits per heavy atom. The monoisotopic (exact) mass is 292 g/mol. The van der Waals surface area contributed by atoms with Crippen LogP contribution in [0.3, 0.4) is 0 Å². The fourth-order valence-electron chi connectivity index (χ4n) is 1.67. The van der Waals surface area contributed by atoms with Crippen LogP contribution in [-0.2, 0) is 4.74 Å². The van der Waals surface area contributed by atoms with Crippen molar-refractivity contribution < 1.29 is 4.74 Å². The van der Waals surface area contributed by atoms with Gasteiger partial charge in [0, 0.05) is 39.1 Å². The summed E-state index contributed by atoms with van der Waals surface area (Å²) in [6, 6.07) is 0. The minimum atomic E-state index is 0.170. The molecule has 114 valence electrons. The summed E-state index contributed by atoms with van der Waals surface area (Å²) in [5.41, 5.74) is 5.70. The van der Waals surface area contributed by atoms with Gasteiger partial charge in [0.2, 0.25) is 17.8 Å². The SMILES string of the molecule is COCCN(C)CCNc1nc(N)nc(-n2ccnc2)n1. The minimum Gasteiger partial charge on any atom is -0.383 e. The zero-order chi connectivity index (χ0) is 15.1. The molecule has 0 aliphatic carbocycles. The molecule has 0 radical (unpaired) electrons. The molecule has 0 saturated heterocycles. The molecule has 0 unspecified atom stereocenters. The van der Waals surface area contributed by atoms with Crippen LogP contribution in [0.5, 0.6) is 0 Å². The third-order valence-corrected chi connectivity index (χ3v) is 2.83. The first kappa shape index (κ1) is 15.1. The molecule has 0 atom stereocenters. The second kappa shape index (κ2) is 7.50. The van der Waals surface area contributed by atoms with Gasteiger partial charge in [-0.15, -0.1) is 0 Å². The molecule has 0 fully saturated rings. The highest BCUT2D eigenvalue weighted by atomic mass is 16.5. The second-order valence-electron chi connectivity index (χ2n) is 4.51. The first-order chi connectivity index (χ1) is 10.2. The van der Waals surface area contributed by atoms with E-state index in [1.54, 1.807) is 30.4 Å². The van der Waals surface area contributed by atoms with Crippen molar-refractivity contribution in [3.05, 3.63) is 18.7 Å². The molecule has 0 aliphatic rings. The van der Waals surface area contributed by atoms with Crippen molar-refractivity contribution in [2.75, 3.05) is 51.4 Å². The summed E-state index contributed by atoms with van der Waals surface area (Å²) in [7, 11) is 3.72. The predicted molar refractivity (Wildman–Crippen MR) is 79.2 cm³/mol. The molecule has 0 aliphatic heterocycles. The Balaban J connectivity index is 1.91. The van der Waals surface area contributed by atoms with Crippen molar-refractivity contribution in [2.45, 2.75) is 0 Å². The molecule has 2 aromatic rings. The Labute approximate surface area is 123 Å². The van der Waals surface area contributed by atoms with Crippen LogP contribution in [0.4, 0.5) is 11.9 Å². The second-order valence-corrected chi connectivity index (χ2v) is 4.51. The van der Waals surface area contributed by atoms with Crippen molar-refractivity contribution in [2.24, 2.45) is 0 Å². The molecule has 0 bridgehead atoms. The quantitative estimate of drug-likeness (QED) is 0.678. The summed E-state index contributed by atoms with van der Waals surface area (Å²) in [5, 5.41) is 3.14. The number of nitrogens with one attached hydrogen (secondary N) is 1. The molecule has 2 heterocycles. The highest BCUT2D eigenvalue weighted by Crippen LogP contribution is 2.06. The number of nitrogen functional groups attached to an aromatic ring is 1. The smallest absolute Gasteiger partial charge is 0.241 e. The topological polar surface area (TPSA) is 107 Å². The summed E-state index contributed by atoms with van der Waals surface area (Å²) >= 11 is 0. The van der Waals surface area contributed by atoms with Crippen molar-refractivity contribution in [3.63, 3.8) is 0 Å². The van der Waals surface area contributed by atoms with Gasteiger partial charge in [0.05, 0.1) is 6.61 Å². The maximum Gasteiger partial charge on any atom is 0.241 e. The number of hydrogen-bond acceptors (Lipinski definition) is 8. The van der Waals surface area contributed by atoms with Gasteiger partial charge in [-0.05, 0) is 7.05 Å². The summed E-state index contributed by atoms with van der Waals surface area (Å²) in [5.74, 6) is 1.06. The lowest BCUT2D eigenvalue weighted by atomic mass is 10.5. The van der Waals surface area contributed by atoms with Gasteiger partial charge in [0.25, 0.3) is 0 Å². The number of aromatic nitrogens is 5. The average Bonchev–Trinajstić information content (AvgIpc) is 2.99. The number of methoxy groups -OCH3 is 1. The lowest BCUT2D eigenvalue weighted by Gasteiger charge is -2.16. The van der Waals surface area contributed by atoms with Crippen LogP contribution in [0.2, 0.25) is 0 Å². The largest absolute Gasteiger partial charge is 0.383 e. The summed E-state index contributed by atoms with van der Waals surface area (Å²) in [4.78, 5) is 18.5. The van der Waals surface area contributed by atoms with Crippen molar-refractivity contribution in [1.82, 2.24) is 29.4 Å². The molecule has 2 aromatic heterocycles. The summed E-state index contributed by atoms with van der Waals surface area (Å²) < 4.78 is 6.70. The third kappa shape index (κ3) is 4.65. The lowest BCUT2D eigenvalue weighted by Crippen LogP contribution is -2.28. The van der Waals surface area contributed by atoms with Gasteiger partial charge in [0.1, 0.15) is 6.33 Å². The summed E-state index contributed by atoms with van der Waals surface area (Å²) in [6.45, 7) is 3.13. The maximum atomic E-state index is 5.70. The van der Waals surface area contributed by atoms with Gasteiger partial charge < -0.3 is 20.7 Å². The Morgan fingerprint density at radius 2 is 2.19 bits per heavy atom. The molecule has 21 heavy (non-hydrogen) atoms. The van der Waals surface area contributed by atoms with Crippen LogP contribution in [0.25, 0.3) is 5.95 Å². The molecule has 2 rings (SSSR count). The molecule has 9 heteroatoms. The number of imidazole rings is 1. The molecular weight excluding hydrogens is 272 g/mol. The van der Waals surface area contributed by atoms with Crippen molar-refractivity contribution in [1.29, 1.82) is 0 Å². The number of nitrogens with two attached hydrogens (primary N) is 1. The number of ether oxygens (including phenoxy) is 1. The molecule has 0 spiro atoms. The fraction of sp³-hybridized carbons (Fsp3) is 0.500. The van der Waals surface area contributed by atoms with Crippen LogP contribution in [0.1, 0.15) is 0 Å². The standard InChI is InChI=1S/C12H20N8O/c1-19(7-8-21-2)5-4-15-11-16-10(13)17-12(18-11)20-6-3-14-9-20/h3,6,9H,4-5,7-8H2,1-2H3,(H3,13,15,16,17,18). The molecule has 0 aromatic carbocycles. The van der Waals surface area contributed by atoms with Crippen molar-refractivity contribution >= 4 is 11.9 Å². The Kier molecular flexibility index (Phi) is 5.41. The van der Waals surface area contributed by atoms with Gasteiger partial charge >= 0.3 is 0 Å². The molecular formula is C12H20N8O. The average molecular weight is 292 g/mol. The lowest BCUT2D eigenvalue weighted by molar-refractivity contribution is 0.163. The normalized spacial score (nSPS) is 11.0. The van der Waals surface area contributed by atoms with E-state index >= 15 is 0 Å². The molecule has 0 amide bonds. The number of hydrogen-bond donors (Lipinski definition) is 2. The third-order valence-electron chi connectivity index (χ3n) is 2.83.